The number of aliphatic imine (C=N–C) groups is 1. The molecule has 5 nitrogen and oxygen atoms in total. The van der Waals surface area contributed by atoms with Crippen molar-refractivity contribution in [2.45, 2.75) is 18.2 Å². The van der Waals surface area contributed by atoms with Crippen molar-refractivity contribution >= 4 is 38.4 Å². The second-order valence-electron chi connectivity index (χ2n) is 4.92. The molecule has 0 radical (unpaired) electrons. The summed E-state index contributed by atoms with van der Waals surface area (Å²) in [6, 6.07) is 9.36. The van der Waals surface area contributed by atoms with Crippen LogP contribution in [0.15, 0.2) is 35.3 Å². The molecule has 0 saturated carbocycles. The van der Waals surface area contributed by atoms with Crippen LogP contribution in [0.4, 0.5) is 5.69 Å². The van der Waals surface area contributed by atoms with Gasteiger partial charge >= 0.3 is 0 Å². The smallest absolute Gasteiger partial charge is 0.244 e. The first kappa shape index (κ1) is 13.6. The van der Waals surface area contributed by atoms with E-state index in [9.17, 15) is 13.2 Å². The van der Waals surface area contributed by atoms with E-state index in [-0.39, 0.29) is 28.7 Å². The molecule has 0 aromatic heterocycles. The molecule has 2 fully saturated rings. The van der Waals surface area contributed by atoms with Gasteiger partial charge in [-0.3, -0.25) is 4.79 Å². The molecular weight excluding hydrogens is 296 g/mol. The predicted octanol–water partition coefficient (Wildman–Crippen LogP) is 1.31. The number of thioether (sulfide) groups is 1. The van der Waals surface area contributed by atoms with E-state index in [4.69, 9.17) is 0 Å². The average Bonchev–Trinajstić information content (AvgIpc) is 2.80. The van der Waals surface area contributed by atoms with Gasteiger partial charge in [-0.1, -0.05) is 30.0 Å². The topological polar surface area (TPSA) is 66.8 Å². The van der Waals surface area contributed by atoms with Crippen LogP contribution in [0.3, 0.4) is 0 Å². The molecule has 0 bridgehead atoms. The number of nitrogens with zero attached hydrogens (tertiary/aromatic N) is 2. The highest BCUT2D eigenvalue weighted by molar-refractivity contribution is 8.16. The van der Waals surface area contributed by atoms with Gasteiger partial charge in [0.25, 0.3) is 0 Å². The monoisotopic (exact) mass is 310 g/mol. The van der Waals surface area contributed by atoms with E-state index in [1.807, 2.05) is 35.2 Å². The van der Waals surface area contributed by atoms with Gasteiger partial charge in [0.05, 0.1) is 17.5 Å². The molecule has 2 aliphatic heterocycles. The molecule has 0 N–H and O–H groups in total. The fraction of sp³-hybridized carbons (Fsp3) is 0.385. The standard InChI is InChI=1S/C13H14N2O3S2/c1-9(16)14-13-15(10-5-3-2-4-6-10)11-7-20(17,18)8-12(11)19-13/h2-6,11-12H,7-8H2,1H3/t11-,12+/m0/s1. The largest absolute Gasteiger partial charge is 0.316 e. The summed E-state index contributed by atoms with van der Waals surface area (Å²) in [5, 5.41) is 0.562. The minimum absolute atomic E-state index is 0.0432. The first-order valence-corrected chi connectivity index (χ1v) is 8.97. The maximum atomic E-state index is 11.8. The molecule has 3 rings (SSSR count). The predicted molar refractivity (Wildman–Crippen MR) is 80.9 cm³/mol. The van der Waals surface area contributed by atoms with E-state index in [2.05, 4.69) is 4.99 Å². The Morgan fingerprint density at radius 3 is 2.65 bits per heavy atom. The normalized spacial score (nSPS) is 29.6. The lowest BCUT2D eigenvalue weighted by atomic mass is 10.2. The fourth-order valence-electron chi connectivity index (χ4n) is 2.59. The number of fused-ring (bicyclic) bond motifs is 1. The second kappa shape index (κ2) is 4.89. The van der Waals surface area contributed by atoms with Crippen molar-refractivity contribution in [3.63, 3.8) is 0 Å². The quantitative estimate of drug-likeness (QED) is 0.782. The summed E-state index contributed by atoms with van der Waals surface area (Å²) in [6.07, 6.45) is 0. The molecule has 2 atom stereocenters. The third-order valence-electron chi connectivity index (χ3n) is 3.35. The zero-order valence-corrected chi connectivity index (χ0v) is 12.5. The van der Waals surface area contributed by atoms with Gasteiger partial charge in [0.1, 0.15) is 0 Å². The first-order chi connectivity index (χ1) is 9.46. The van der Waals surface area contributed by atoms with Crippen molar-refractivity contribution < 1.29 is 13.2 Å². The van der Waals surface area contributed by atoms with Crippen molar-refractivity contribution in [1.29, 1.82) is 0 Å². The summed E-state index contributed by atoms with van der Waals surface area (Å²) in [6.45, 7) is 1.40. The summed E-state index contributed by atoms with van der Waals surface area (Å²) in [7, 11) is -3.00. The molecule has 0 unspecified atom stereocenters. The number of para-hydroxylation sites is 1. The highest BCUT2D eigenvalue weighted by Gasteiger charge is 2.49. The fourth-order valence-corrected chi connectivity index (χ4v) is 6.55. The van der Waals surface area contributed by atoms with Crippen LogP contribution in [-0.4, -0.2) is 42.3 Å². The maximum absolute atomic E-state index is 11.8. The maximum Gasteiger partial charge on any atom is 0.244 e. The van der Waals surface area contributed by atoms with E-state index in [1.54, 1.807) is 0 Å². The Morgan fingerprint density at radius 2 is 2.00 bits per heavy atom. The Labute approximate surface area is 122 Å². The van der Waals surface area contributed by atoms with E-state index in [1.165, 1.54) is 18.7 Å². The van der Waals surface area contributed by atoms with Crippen LogP contribution in [0, 0.1) is 0 Å². The molecule has 106 valence electrons. The Kier molecular flexibility index (Phi) is 3.33. The summed E-state index contributed by atoms with van der Waals surface area (Å²) in [5.74, 6) is 0.00951. The molecule has 20 heavy (non-hydrogen) atoms. The molecule has 2 saturated heterocycles. The molecule has 0 spiro atoms. The lowest BCUT2D eigenvalue weighted by Crippen LogP contribution is -2.37. The Hall–Kier alpha value is -1.34. The van der Waals surface area contributed by atoms with Gasteiger partial charge < -0.3 is 4.90 Å². The molecule has 1 aromatic carbocycles. The van der Waals surface area contributed by atoms with Crippen molar-refractivity contribution in [2.75, 3.05) is 16.4 Å². The molecule has 2 aliphatic rings. The Bertz CT molecular complexity index is 670. The summed E-state index contributed by atoms with van der Waals surface area (Å²) < 4.78 is 23.6. The van der Waals surface area contributed by atoms with Gasteiger partial charge in [-0.2, -0.15) is 4.99 Å². The van der Waals surface area contributed by atoms with Crippen LogP contribution in [0.5, 0.6) is 0 Å². The van der Waals surface area contributed by atoms with Gasteiger partial charge in [-0.25, -0.2) is 8.42 Å². The zero-order valence-electron chi connectivity index (χ0n) is 10.9. The Morgan fingerprint density at radius 1 is 1.30 bits per heavy atom. The van der Waals surface area contributed by atoms with Crippen molar-refractivity contribution in [3.05, 3.63) is 30.3 Å². The minimum atomic E-state index is -3.00. The van der Waals surface area contributed by atoms with Gasteiger partial charge in [0.15, 0.2) is 15.0 Å². The number of benzene rings is 1. The summed E-state index contributed by atoms with van der Waals surface area (Å²) in [5.41, 5.74) is 0.879. The summed E-state index contributed by atoms with van der Waals surface area (Å²) in [4.78, 5) is 17.2. The number of carbonyl (C=O) groups is 1. The number of amides is 1. The van der Waals surface area contributed by atoms with Gasteiger partial charge in [-0.15, -0.1) is 0 Å². The van der Waals surface area contributed by atoms with Crippen LogP contribution in [0.25, 0.3) is 0 Å². The van der Waals surface area contributed by atoms with Crippen LogP contribution in [0.2, 0.25) is 0 Å². The van der Waals surface area contributed by atoms with Gasteiger partial charge in [0, 0.05) is 17.9 Å². The molecule has 0 aliphatic carbocycles. The number of anilines is 1. The van der Waals surface area contributed by atoms with Gasteiger partial charge in [-0.05, 0) is 12.1 Å². The third kappa shape index (κ3) is 2.47. The van der Waals surface area contributed by atoms with Crippen LogP contribution in [0.1, 0.15) is 6.92 Å². The SMILES string of the molecule is CC(=O)N=C1S[C@@H]2CS(=O)(=O)C[C@@H]2N1c1ccccc1. The number of hydrogen-bond acceptors (Lipinski definition) is 4. The number of amidine groups is 1. The lowest BCUT2D eigenvalue weighted by Gasteiger charge is -2.24. The van der Waals surface area contributed by atoms with E-state index in [0.717, 1.165) is 5.69 Å². The lowest BCUT2D eigenvalue weighted by molar-refractivity contribution is -0.115. The van der Waals surface area contributed by atoms with E-state index in [0.29, 0.717) is 5.17 Å². The average molecular weight is 310 g/mol. The van der Waals surface area contributed by atoms with Crippen LogP contribution < -0.4 is 4.90 Å². The van der Waals surface area contributed by atoms with E-state index < -0.39 is 9.84 Å². The second-order valence-corrected chi connectivity index (χ2v) is 8.28. The van der Waals surface area contributed by atoms with Gasteiger partial charge in [0.2, 0.25) is 5.91 Å². The number of rotatable bonds is 1. The molecule has 2 heterocycles. The highest BCUT2D eigenvalue weighted by Crippen LogP contribution is 2.40. The third-order valence-corrected chi connectivity index (χ3v) is 6.56. The molecule has 7 heteroatoms. The number of sulfone groups is 1. The van der Waals surface area contributed by atoms with E-state index >= 15 is 0 Å². The number of hydrogen-bond donors (Lipinski definition) is 0. The molecule has 1 amide bonds. The Balaban J connectivity index is 2.03. The zero-order chi connectivity index (χ0) is 14.3. The minimum Gasteiger partial charge on any atom is -0.316 e. The summed E-state index contributed by atoms with van der Waals surface area (Å²) >= 11 is 1.39. The van der Waals surface area contributed by atoms with Crippen molar-refractivity contribution in [3.8, 4) is 0 Å². The van der Waals surface area contributed by atoms with Crippen LogP contribution in [-0.2, 0) is 14.6 Å². The highest BCUT2D eigenvalue weighted by atomic mass is 32.2. The molecular formula is C13H14N2O3S2. The first-order valence-electron chi connectivity index (χ1n) is 6.27. The van der Waals surface area contributed by atoms with Crippen molar-refractivity contribution in [2.24, 2.45) is 4.99 Å². The van der Waals surface area contributed by atoms with Crippen LogP contribution >= 0.6 is 11.8 Å². The van der Waals surface area contributed by atoms with Crippen molar-refractivity contribution in [1.82, 2.24) is 0 Å². The molecule has 1 aromatic rings. The number of carbonyl (C=O) groups excluding carboxylic acids is 1.